The van der Waals surface area contributed by atoms with Crippen LogP contribution in [0.5, 0.6) is 0 Å². The van der Waals surface area contributed by atoms with E-state index in [1.807, 2.05) is 38.1 Å². The van der Waals surface area contributed by atoms with Gasteiger partial charge in [-0.05, 0) is 29.0 Å². The maximum absolute atomic E-state index is 12.2. The Kier molecular flexibility index (Phi) is 5.03. The monoisotopic (exact) mass is 287 g/mol. The molecule has 0 saturated carbocycles. The number of aryl methyl sites for hydroxylation is 1. The van der Waals surface area contributed by atoms with Crippen molar-refractivity contribution in [3.8, 4) is 5.69 Å². The molecule has 1 aromatic heterocycles. The van der Waals surface area contributed by atoms with E-state index < -0.39 is 0 Å². The molecule has 1 heterocycles. The van der Waals surface area contributed by atoms with Crippen LogP contribution in [0.4, 0.5) is 5.69 Å². The molecule has 1 amide bonds. The molecule has 112 valence electrons. The van der Waals surface area contributed by atoms with Crippen LogP contribution in [0.2, 0.25) is 0 Å². The van der Waals surface area contributed by atoms with E-state index in [4.69, 9.17) is 0 Å². The number of amides is 1. The number of hydrogen-bond acceptors (Lipinski definition) is 4. The molecular formula is C15H21N5O. The highest BCUT2D eigenvalue weighted by Gasteiger charge is 2.16. The van der Waals surface area contributed by atoms with Crippen LogP contribution in [0.25, 0.3) is 5.69 Å². The van der Waals surface area contributed by atoms with E-state index in [2.05, 4.69) is 27.8 Å². The molecule has 1 N–H and O–H groups in total. The molecule has 1 aromatic carbocycles. The lowest BCUT2D eigenvalue weighted by Gasteiger charge is -2.14. The molecule has 0 radical (unpaired) electrons. The molecule has 0 aliphatic carbocycles. The Hall–Kier alpha value is -2.24. The smallest absolute Gasteiger partial charge is 0.227 e. The van der Waals surface area contributed by atoms with Gasteiger partial charge in [-0.1, -0.05) is 39.3 Å². The summed E-state index contributed by atoms with van der Waals surface area (Å²) in [6.45, 7) is 6.01. The number of hydrogen-bond donors (Lipinski definition) is 1. The highest BCUT2D eigenvalue weighted by atomic mass is 16.1. The van der Waals surface area contributed by atoms with Crippen LogP contribution in [0.1, 0.15) is 39.4 Å². The Balaban J connectivity index is 2.28. The molecule has 0 fully saturated rings. The molecule has 0 unspecified atom stereocenters. The number of carbonyl (C=O) groups excluding carboxylic acids is 1. The Labute approximate surface area is 124 Å². The molecule has 0 aliphatic heterocycles. The molecule has 2 rings (SSSR count). The predicted octanol–water partition coefficient (Wildman–Crippen LogP) is 2.60. The average molecular weight is 287 g/mol. The summed E-state index contributed by atoms with van der Waals surface area (Å²) < 4.78 is 1.67. The summed E-state index contributed by atoms with van der Waals surface area (Å²) >= 11 is 0. The minimum atomic E-state index is -0.0115. The molecule has 2 aromatic rings. The van der Waals surface area contributed by atoms with Gasteiger partial charge < -0.3 is 5.32 Å². The number of anilines is 1. The number of benzene rings is 1. The normalized spacial score (nSPS) is 12.1. The molecule has 6 heteroatoms. The van der Waals surface area contributed by atoms with E-state index >= 15 is 0 Å². The Bertz CT molecular complexity index is 608. The van der Waals surface area contributed by atoms with Crippen LogP contribution in [0.3, 0.4) is 0 Å². The number of nitrogens with one attached hydrogen (secondary N) is 1. The Morgan fingerprint density at radius 3 is 2.81 bits per heavy atom. The summed E-state index contributed by atoms with van der Waals surface area (Å²) in [7, 11) is 0. The SMILES string of the molecule is CCC[C@@H](C)C(=O)Nc1ccccc1-n1nnnc1CC. The average Bonchev–Trinajstić information content (AvgIpc) is 2.96. The summed E-state index contributed by atoms with van der Waals surface area (Å²) in [5.41, 5.74) is 1.52. The van der Waals surface area contributed by atoms with Gasteiger partial charge in [0, 0.05) is 12.3 Å². The van der Waals surface area contributed by atoms with E-state index in [9.17, 15) is 4.79 Å². The zero-order valence-electron chi connectivity index (χ0n) is 12.7. The quantitative estimate of drug-likeness (QED) is 0.886. The highest BCUT2D eigenvalue weighted by molar-refractivity contribution is 5.94. The van der Waals surface area contributed by atoms with Crippen molar-refractivity contribution in [3.05, 3.63) is 30.1 Å². The predicted molar refractivity (Wildman–Crippen MR) is 81.2 cm³/mol. The van der Waals surface area contributed by atoms with Gasteiger partial charge in [0.1, 0.15) is 0 Å². The molecule has 0 aliphatic rings. The van der Waals surface area contributed by atoms with Crippen LogP contribution in [0.15, 0.2) is 24.3 Å². The molecule has 1 atom stereocenters. The maximum atomic E-state index is 12.2. The lowest BCUT2D eigenvalue weighted by atomic mass is 10.1. The Morgan fingerprint density at radius 1 is 1.33 bits per heavy atom. The van der Waals surface area contributed by atoms with Crippen molar-refractivity contribution < 1.29 is 4.79 Å². The maximum Gasteiger partial charge on any atom is 0.227 e. The first kappa shape index (κ1) is 15.2. The van der Waals surface area contributed by atoms with Gasteiger partial charge in [0.2, 0.25) is 5.91 Å². The molecule has 0 bridgehead atoms. The topological polar surface area (TPSA) is 72.7 Å². The number of rotatable bonds is 6. The standard InChI is InChI=1S/C15H21N5O/c1-4-8-11(3)15(21)16-12-9-6-7-10-13(12)20-14(5-2)17-18-19-20/h6-7,9-11H,4-5,8H2,1-3H3,(H,16,21)/t11-/m1/s1. The van der Waals surface area contributed by atoms with Crippen LogP contribution < -0.4 is 5.32 Å². The molecule has 6 nitrogen and oxygen atoms in total. The van der Waals surface area contributed by atoms with Gasteiger partial charge in [0.05, 0.1) is 11.4 Å². The third-order valence-corrected chi connectivity index (χ3v) is 3.41. The van der Waals surface area contributed by atoms with Crippen molar-refractivity contribution in [1.29, 1.82) is 0 Å². The van der Waals surface area contributed by atoms with Crippen LogP contribution in [-0.2, 0) is 11.2 Å². The summed E-state index contributed by atoms with van der Waals surface area (Å²) in [6, 6.07) is 7.56. The zero-order chi connectivity index (χ0) is 15.2. The van der Waals surface area contributed by atoms with E-state index in [0.29, 0.717) is 0 Å². The van der Waals surface area contributed by atoms with E-state index in [0.717, 1.165) is 36.5 Å². The number of tetrazole rings is 1. The molecular weight excluding hydrogens is 266 g/mol. The van der Waals surface area contributed by atoms with E-state index in [1.165, 1.54) is 0 Å². The van der Waals surface area contributed by atoms with Gasteiger partial charge in [0.15, 0.2) is 5.82 Å². The van der Waals surface area contributed by atoms with Gasteiger partial charge in [-0.25, -0.2) is 0 Å². The van der Waals surface area contributed by atoms with Gasteiger partial charge in [-0.3, -0.25) is 4.79 Å². The summed E-state index contributed by atoms with van der Waals surface area (Å²) in [5.74, 6) is 0.774. The highest BCUT2D eigenvalue weighted by Crippen LogP contribution is 2.21. The van der Waals surface area contributed by atoms with Crippen molar-refractivity contribution >= 4 is 11.6 Å². The third kappa shape index (κ3) is 3.45. The largest absolute Gasteiger partial charge is 0.324 e. The fraction of sp³-hybridized carbons (Fsp3) is 0.467. The van der Waals surface area contributed by atoms with Gasteiger partial charge >= 0.3 is 0 Å². The van der Waals surface area contributed by atoms with Gasteiger partial charge in [-0.2, -0.15) is 4.68 Å². The van der Waals surface area contributed by atoms with E-state index in [1.54, 1.807) is 4.68 Å². The van der Waals surface area contributed by atoms with Crippen LogP contribution in [0, 0.1) is 5.92 Å². The summed E-state index contributed by atoms with van der Waals surface area (Å²) in [4.78, 5) is 12.2. The van der Waals surface area contributed by atoms with Crippen molar-refractivity contribution in [3.63, 3.8) is 0 Å². The fourth-order valence-corrected chi connectivity index (χ4v) is 2.20. The summed E-state index contributed by atoms with van der Waals surface area (Å²) in [6.07, 6.45) is 2.59. The van der Waals surface area contributed by atoms with Crippen LogP contribution >= 0.6 is 0 Å². The van der Waals surface area contributed by atoms with Crippen molar-refractivity contribution in [2.45, 2.75) is 40.0 Å². The van der Waals surface area contributed by atoms with Crippen LogP contribution in [-0.4, -0.2) is 26.1 Å². The van der Waals surface area contributed by atoms with Crippen molar-refractivity contribution in [1.82, 2.24) is 20.2 Å². The third-order valence-electron chi connectivity index (χ3n) is 3.41. The zero-order valence-corrected chi connectivity index (χ0v) is 12.7. The fourth-order valence-electron chi connectivity index (χ4n) is 2.20. The molecule has 0 spiro atoms. The molecule has 21 heavy (non-hydrogen) atoms. The number of carbonyl (C=O) groups is 1. The lowest BCUT2D eigenvalue weighted by Crippen LogP contribution is -2.21. The lowest BCUT2D eigenvalue weighted by molar-refractivity contribution is -0.119. The van der Waals surface area contributed by atoms with Gasteiger partial charge in [0.25, 0.3) is 0 Å². The second-order valence-electron chi connectivity index (χ2n) is 5.06. The second-order valence-corrected chi connectivity index (χ2v) is 5.06. The minimum Gasteiger partial charge on any atom is -0.324 e. The number of para-hydroxylation sites is 2. The van der Waals surface area contributed by atoms with Crippen molar-refractivity contribution in [2.24, 2.45) is 5.92 Å². The molecule has 0 saturated heterocycles. The Morgan fingerprint density at radius 2 is 2.10 bits per heavy atom. The van der Waals surface area contributed by atoms with Gasteiger partial charge in [-0.15, -0.1) is 5.10 Å². The van der Waals surface area contributed by atoms with Crippen molar-refractivity contribution in [2.75, 3.05) is 5.32 Å². The number of aromatic nitrogens is 4. The van der Waals surface area contributed by atoms with E-state index in [-0.39, 0.29) is 11.8 Å². The first-order chi connectivity index (χ1) is 10.2. The minimum absolute atomic E-state index is 0.0115. The first-order valence-electron chi connectivity index (χ1n) is 7.34. The first-order valence-corrected chi connectivity index (χ1v) is 7.34. The number of nitrogens with zero attached hydrogens (tertiary/aromatic N) is 4. The summed E-state index contributed by atoms with van der Waals surface area (Å²) in [5, 5.41) is 14.7. The second kappa shape index (κ2) is 6.97.